The van der Waals surface area contributed by atoms with Gasteiger partial charge in [-0.3, -0.25) is 4.79 Å². The molecule has 0 bridgehead atoms. The second-order valence-electron chi connectivity index (χ2n) is 9.07. The maximum atomic E-state index is 13.3. The van der Waals surface area contributed by atoms with E-state index in [2.05, 4.69) is 40.9 Å². The van der Waals surface area contributed by atoms with Crippen LogP contribution < -0.4 is 5.32 Å². The van der Waals surface area contributed by atoms with Crippen molar-refractivity contribution in [3.05, 3.63) is 72.6 Å². The van der Waals surface area contributed by atoms with Crippen molar-refractivity contribution in [1.82, 2.24) is 25.5 Å². The number of hydrogen-bond acceptors (Lipinski definition) is 5. The molecular formula is C28H36F3N5O2. The number of aromatic nitrogens is 4. The van der Waals surface area contributed by atoms with Gasteiger partial charge in [0.1, 0.15) is 6.79 Å². The van der Waals surface area contributed by atoms with E-state index in [1.54, 1.807) is 22.9 Å². The van der Waals surface area contributed by atoms with Gasteiger partial charge in [0.2, 0.25) is 0 Å². The number of nitrogens with one attached hydrogen (secondary N) is 1. The maximum Gasteiger partial charge on any atom is 0.416 e. The minimum absolute atomic E-state index is 0.0231. The molecular weight excluding hydrogens is 495 g/mol. The highest BCUT2D eigenvalue weighted by Gasteiger charge is 2.30. The zero-order chi connectivity index (χ0) is 29.1. The number of tetrazole rings is 1. The molecule has 3 aromatic rings. The highest BCUT2D eigenvalue weighted by atomic mass is 19.4. The number of nitrogens with zero attached hydrogens (tertiary/aromatic N) is 4. The molecule has 0 spiro atoms. The Bertz CT molecular complexity index is 1170. The first-order valence-electron chi connectivity index (χ1n) is 12.2. The number of benzene rings is 2. The second-order valence-corrected chi connectivity index (χ2v) is 9.07. The molecule has 0 fully saturated rings. The molecule has 0 aliphatic rings. The molecule has 1 amide bonds. The van der Waals surface area contributed by atoms with Gasteiger partial charge in [-0.2, -0.15) is 17.9 Å². The summed E-state index contributed by atoms with van der Waals surface area (Å²) in [4.78, 5) is 21.3. The van der Waals surface area contributed by atoms with Gasteiger partial charge in [-0.05, 0) is 71.7 Å². The quantitative estimate of drug-likeness (QED) is 0.323. The highest BCUT2D eigenvalue weighted by Crippen LogP contribution is 2.32. The lowest BCUT2D eigenvalue weighted by molar-refractivity contribution is -0.137. The zero-order valence-electron chi connectivity index (χ0n) is 22.6. The van der Waals surface area contributed by atoms with Crippen molar-refractivity contribution in [1.29, 1.82) is 0 Å². The molecule has 7 nitrogen and oxygen atoms in total. The fraction of sp³-hybridized carbons (Fsp3) is 0.393. The van der Waals surface area contributed by atoms with E-state index >= 15 is 0 Å². The van der Waals surface area contributed by atoms with Gasteiger partial charge in [0.25, 0.3) is 5.91 Å². The lowest BCUT2D eigenvalue weighted by Crippen LogP contribution is -2.45. The molecule has 0 saturated heterocycles. The summed E-state index contributed by atoms with van der Waals surface area (Å²) < 4.78 is 40.7. The van der Waals surface area contributed by atoms with Crippen molar-refractivity contribution in [2.24, 2.45) is 0 Å². The minimum Gasteiger partial charge on any atom is -0.347 e. The van der Waals surface area contributed by atoms with Gasteiger partial charge < -0.3 is 10.1 Å². The number of carbonyl (C=O) groups is 2. The van der Waals surface area contributed by atoms with Crippen LogP contribution in [0.5, 0.6) is 0 Å². The van der Waals surface area contributed by atoms with Crippen molar-refractivity contribution in [3.8, 4) is 16.8 Å². The first-order valence-corrected chi connectivity index (χ1v) is 12.2. The average Bonchev–Trinajstić information content (AvgIpc) is 3.41. The lowest BCUT2D eigenvalue weighted by atomic mass is 9.92. The maximum absolute atomic E-state index is 13.3. The molecule has 0 aliphatic carbocycles. The predicted octanol–water partition coefficient (Wildman–Crippen LogP) is 6.79. The van der Waals surface area contributed by atoms with Crippen LogP contribution in [0, 0.1) is 0 Å². The van der Waals surface area contributed by atoms with Gasteiger partial charge >= 0.3 is 6.18 Å². The Hall–Kier alpha value is -3.82. The molecule has 1 atom stereocenters. The van der Waals surface area contributed by atoms with Crippen molar-refractivity contribution in [2.45, 2.75) is 71.5 Å². The molecule has 1 aromatic heterocycles. The number of alkyl halides is 3. The van der Waals surface area contributed by atoms with Gasteiger partial charge in [-0.15, -0.1) is 18.3 Å². The van der Waals surface area contributed by atoms with Crippen LogP contribution in [-0.2, 0) is 11.0 Å². The molecule has 0 aliphatic heterocycles. The van der Waals surface area contributed by atoms with Crippen LogP contribution >= 0.6 is 0 Å². The Morgan fingerprint density at radius 2 is 1.63 bits per heavy atom. The summed E-state index contributed by atoms with van der Waals surface area (Å²) in [6.07, 6.45) is -1.91. The van der Waals surface area contributed by atoms with E-state index in [1.165, 1.54) is 12.1 Å². The first-order chi connectivity index (χ1) is 18.0. The van der Waals surface area contributed by atoms with Crippen molar-refractivity contribution in [3.63, 3.8) is 0 Å². The molecule has 2 aromatic carbocycles. The Morgan fingerprint density at radius 3 is 2.13 bits per heavy atom. The number of hydrogen-bond donors (Lipinski definition) is 1. The van der Waals surface area contributed by atoms with Crippen LogP contribution in [0.1, 0.15) is 81.5 Å². The number of halogens is 3. The molecule has 1 heterocycles. The summed E-state index contributed by atoms with van der Waals surface area (Å²) in [6.45, 7) is 18.0. The van der Waals surface area contributed by atoms with Gasteiger partial charge in [0.15, 0.2) is 5.82 Å². The van der Waals surface area contributed by atoms with E-state index in [4.69, 9.17) is 4.79 Å². The minimum atomic E-state index is -4.42. The predicted molar refractivity (Wildman–Crippen MR) is 143 cm³/mol. The molecule has 38 heavy (non-hydrogen) atoms. The van der Waals surface area contributed by atoms with Crippen molar-refractivity contribution in [2.75, 3.05) is 0 Å². The molecule has 206 valence electrons. The van der Waals surface area contributed by atoms with Crippen LogP contribution in [0.25, 0.3) is 16.8 Å². The summed E-state index contributed by atoms with van der Waals surface area (Å²) in [5.74, 6) is 0.377. The van der Waals surface area contributed by atoms with Crippen LogP contribution in [0.3, 0.4) is 0 Å². The number of rotatable bonds is 8. The zero-order valence-corrected chi connectivity index (χ0v) is 22.6. The second kappa shape index (κ2) is 14.2. The lowest BCUT2D eigenvalue weighted by Gasteiger charge is -2.29. The van der Waals surface area contributed by atoms with E-state index in [9.17, 15) is 18.0 Å². The summed E-state index contributed by atoms with van der Waals surface area (Å²) in [7, 11) is 0. The third kappa shape index (κ3) is 8.09. The molecule has 0 radical (unpaired) electrons. The van der Waals surface area contributed by atoms with Gasteiger partial charge in [0.05, 0.1) is 11.3 Å². The number of amides is 1. The van der Waals surface area contributed by atoms with E-state index < -0.39 is 11.7 Å². The smallest absolute Gasteiger partial charge is 0.347 e. The summed E-state index contributed by atoms with van der Waals surface area (Å²) >= 11 is 0. The number of carbonyl (C=O) groups excluding carboxylic acids is 2. The van der Waals surface area contributed by atoms with Crippen LogP contribution in [-0.4, -0.2) is 38.4 Å². The molecule has 1 unspecified atom stereocenters. The molecule has 0 saturated carbocycles. The van der Waals surface area contributed by atoms with E-state index in [-0.39, 0.29) is 17.4 Å². The third-order valence-corrected chi connectivity index (χ3v) is 5.98. The topological polar surface area (TPSA) is 89.8 Å². The fourth-order valence-corrected chi connectivity index (χ4v) is 3.85. The Labute approximate surface area is 222 Å². The van der Waals surface area contributed by atoms with Gasteiger partial charge in [-0.25, -0.2) is 0 Å². The Balaban J connectivity index is 0.00000172. The molecule has 1 N–H and O–H groups in total. The van der Waals surface area contributed by atoms with Gasteiger partial charge in [0, 0.05) is 17.0 Å². The summed E-state index contributed by atoms with van der Waals surface area (Å²) in [6, 6.07) is 10.0. The molecule has 3 rings (SSSR count). The SMILES string of the molecule is C=C.C=O.CCCC(C)(CC)NC(=O)c1cc(-c2ccc(C(F)(F)F)cc2)cc(-n2nnnc2C(C)C)c1. The highest BCUT2D eigenvalue weighted by molar-refractivity contribution is 5.96. The summed E-state index contributed by atoms with van der Waals surface area (Å²) in [5.41, 5.74) is 0.989. The van der Waals surface area contributed by atoms with Crippen LogP contribution in [0.15, 0.2) is 55.6 Å². The first kappa shape index (κ1) is 32.2. The third-order valence-electron chi connectivity index (χ3n) is 5.98. The van der Waals surface area contributed by atoms with Crippen LogP contribution in [0.4, 0.5) is 13.2 Å². The fourth-order valence-electron chi connectivity index (χ4n) is 3.85. The Morgan fingerprint density at radius 1 is 1.03 bits per heavy atom. The van der Waals surface area contributed by atoms with E-state index in [0.717, 1.165) is 31.4 Å². The molecule has 10 heteroatoms. The van der Waals surface area contributed by atoms with Crippen molar-refractivity contribution >= 4 is 12.7 Å². The Kier molecular flexibility index (Phi) is 12.0. The van der Waals surface area contributed by atoms with E-state index in [1.807, 2.05) is 34.5 Å². The summed E-state index contributed by atoms with van der Waals surface area (Å²) in [5, 5.41) is 15.1. The normalized spacial score (nSPS) is 12.4. The average molecular weight is 532 g/mol. The van der Waals surface area contributed by atoms with Crippen LogP contribution in [0.2, 0.25) is 0 Å². The monoisotopic (exact) mass is 531 g/mol. The van der Waals surface area contributed by atoms with Crippen molar-refractivity contribution < 1.29 is 22.8 Å². The standard InChI is InChI=1S/C25H30F3N5O.C2H4.CH2O/c1-6-12-24(5,7-2)29-23(34)19-13-18(17-8-10-20(11-9-17)25(26,27)28)14-21(15-19)33-22(16(3)4)30-31-32-33;2*1-2/h8-11,13-16H,6-7,12H2,1-5H3,(H,29,34);1-2H2;1H2. The largest absolute Gasteiger partial charge is 0.416 e. The van der Waals surface area contributed by atoms with E-state index in [0.29, 0.717) is 28.2 Å². The van der Waals surface area contributed by atoms with Gasteiger partial charge in [-0.1, -0.05) is 46.2 Å².